The molecule has 0 radical (unpaired) electrons. The Hall–Kier alpha value is -2.45. The second-order valence-electron chi connectivity index (χ2n) is 7.77. The number of hydrogen-bond acceptors (Lipinski definition) is 6. The van der Waals surface area contributed by atoms with Crippen LogP contribution in [0.25, 0.3) is 22.3 Å². The lowest BCUT2D eigenvalue weighted by molar-refractivity contribution is 0.360. The molecule has 2 aromatic heterocycles. The molecule has 1 aromatic carbocycles. The molecule has 2 N–H and O–H groups in total. The van der Waals surface area contributed by atoms with Crippen LogP contribution in [0.3, 0.4) is 0 Å². The number of likely N-dealkylation sites (N-methyl/N-ethyl adjacent to an activating group) is 1. The first-order valence-electron chi connectivity index (χ1n) is 9.78. The molecule has 0 unspecified atom stereocenters. The fourth-order valence-corrected chi connectivity index (χ4v) is 4.04. The number of fused-ring (bicyclic) bond motifs is 1. The van der Waals surface area contributed by atoms with E-state index in [4.69, 9.17) is 22.3 Å². The Morgan fingerprint density at radius 2 is 1.93 bits per heavy atom. The smallest absolute Gasteiger partial charge is 0.220 e. The van der Waals surface area contributed by atoms with E-state index < -0.39 is 5.82 Å². The molecule has 0 saturated carbocycles. The standard InChI is InChI=1S/C20H25ClFN7/c1-12(2)29-16-10-13(17-14(21)11-24-19(23)25-17)9-15(22)18(16)26-20(29)28-6-4-5-27(3)7-8-28/h9-12H,4-8H2,1-3H3,(H2,23,24,25). The Morgan fingerprint density at radius 1 is 1.14 bits per heavy atom. The van der Waals surface area contributed by atoms with E-state index in [0.29, 0.717) is 21.8 Å². The van der Waals surface area contributed by atoms with Gasteiger partial charge in [-0.25, -0.2) is 19.3 Å². The number of aromatic nitrogens is 4. The number of hydrogen-bond donors (Lipinski definition) is 1. The third-order valence-electron chi connectivity index (χ3n) is 5.29. The number of rotatable bonds is 3. The van der Waals surface area contributed by atoms with Crippen molar-refractivity contribution in [2.75, 3.05) is 43.9 Å². The summed E-state index contributed by atoms with van der Waals surface area (Å²) in [6.07, 6.45) is 2.47. The molecule has 0 spiro atoms. The van der Waals surface area contributed by atoms with Gasteiger partial charge >= 0.3 is 0 Å². The van der Waals surface area contributed by atoms with E-state index in [1.165, 1.54) is 12.3 Å². The van der Waals surface area contributed by atoms with Crippen LogP contribution in [0.2, 0.25) is 5.02 Å². The first-order valence-corrected chi connectivity index (χ1v) is 10.2. The minimum absolute atomic E-state index is 0.0941. The van der Waals surface area contributed by atoms with Gasteiger partial charge in [-0.1, -0.05) is 11.6 Å². The van der Waals surface area contributed by atoms with Gasteiger partial charge in [0, 0.05) is 31.2 Å². The van der Waals surface area contributed by atoms with Gasteiger partial charge in [0.05, 0.1) is 22.4 Å². The van der Waals surface area contributed by atoms with Gasteiger partial charge in [-0.3, -0.25) is 0 Å². The van der Waals surface area contributed by atoms with Crippen molar-refractivity contribution in [2.45, 2.75) is 26.3 Å². The lowest BCUT2D eigenvalue weighted by atomic mass is 10.1. The Bertz CT molecular complexity index is 1050. The summed E-state index contributed by atoms with van der Waals surface area (Å²) in [5.74, 6) is 0.490. The highest BCUT2D eigenvalue weighted by atomic mass is 35.5. The molecule has 1 fully saturated rings. The van der Waals surface area contributed by atoms with Gasteiger partial charge in [0.25, 0.3) is 0 Å². The van der Waals surface area contributed by atoms with Crippen molar-refractivity contribution in [3.8, 4) is 11.3 Å². The zero-order valence-electron chi connectivity index (χ0n) is 16.9. The maximum Gasteiger partial charge on any atom is 0.220 e. The second kappa shape index (κ2) is 7.76. The van der Waals surface area contributed by atoms with E-state index >= 15 is 4.39 Å². The van der Waals surface area contributed by atoms with Crippen molar-refractivity contribution < 1.29 is 4.39 Å². The van der Waals surface area contributed by atoms with Crippen LogP contribution in [-0.2, 0) is 0 Å². The molecule has 154 valence electrons. The molecule has 7 nitrogen and oxygen atoms in total. The lowest BCUT2D eigenvalue weighted by Gasteiger charge is -2.24. The first kappa shape index (κ1) is 19.8. The number of anilines is 2. The van der Waals surface area contributed by atoms with Crippen LogP contribution in [0, 0.1) is 5.82 Å². The molecular weight excluding hydrogens is 393 g/mol. The van der Waals surface area contributed by atoms with Crippen molar-refractivity contribution in [3.63, 3.8) is 0 Å². The van der Waals surface area contributed by atoms with Crippen LogP contribution < -0.4 is 10.6 Å². The molecule has 1 saturated heterocycles. The summed E-state index contributed by atoms with van der Waals surface area (Å²) < 4.78 is 17.2. The van der Waals surface area contributed by atoms with Gasteiger partial charge in [0.1, 0.15) is 5.52 Å². The van der Waals surface area contributed by atoms with Crippen LogP contribution in [0.4, 0.5) is 16.3 Å². The molecule has 0 amide bonds. The largest absolute Gasteiger partial charge is 0.368 e. The molecule has 3 heterocycles. The topological polar surface area (TPSA) is 76.1 Å². The molecule has 0 atom stereocenters. The lowest BCUT2D eigenvalue weighted by Crippen LogP contribution is -2.31. The van der Waals surface area contributed by atoms with Crippen molar-refractivity contribution in [1.29, 1.82) is 0 Å². The van der Waals surface area contributed by atoms with E-state index in [1.54, 1.807) is 0 Å². The number of nitrogens with zero attached hydrogens (tertiary/aromatic N) is 6. The van der Waals surface area contributed by atoms with E-state index in [1.807, 2.05) is 6.07 Å². The van der Waals surface area contributed by atoms with Gasteiger partial charge < -0.3 is 20.1 Å². The maximum atomic E-state index is 15.1. The van der Waals surface area contributed by atoms with Gasteiger partial charge in [0.15, 0.2) is 5.82 Å². The number of nitrogen functional groups attached to an aromatic ring is 1. The molecule has 1 aliphatic heterocycles. The number of benzene rings is 1. The summed E-state index contributed by atoms with van der Waals surface area (Å²) in [5.41, 5.74) is 7.76. The van der Waals surface area contributed by atoms with E-state index in [9.17, 15) is 0 Å². The number of imidazole rings is 1. The molecule has 29 heavy (non-hydrogen) atoms. The van der Waals surface area contributed by atoms with Crippen LogP contribution in [0.5, 0.6) is 0 Å². The Morgan fingerprint density at radius 3 is 2.69 bits per heavy atom. The molecule has 1 aliphatic rings. The molecular formula is C20H25ClFN7. The molecule has 9 heteroatoms. The summed E-state index contributed by atoms with van der Waals surface area (Å²) in [6, 6.07) is 3.40. The number of halogens is 2. The summed E-state index contributed by atoms with van der Waals surface area (Å²) in [7, 11) is 2.12. The van der Waals surface area contributed by atoms with Gasteiger partial charge in [0.2, 0.25) is 11.9 Å². The Kier molecular flexibility index (Phi) is 5.31. The quantitative estimate of drug-likeness (QED) is 0.701. The molecule has 3 aromatic rings. The molecule has 0 bridgehead atoms. The van der Waals surface area contributed by atoms with Crippen LogP contribution in [-0.4, -0.2) is 57.6 Å². The van der Waals surface area contributed by atoms with Crippen molar-refractivity contribution in [3.05, 3.63) is 29.2 Å². The highest BCUT2D eigenvalue weighted by molar-refractivity contribution is 6.33. The molecule has 4 rings (SSSR count). The van der Waals surface area contributed by atoms with E-state index in [0.717, 1.165) is 44.1 Å². The average Bonchev–Trinajstić information content (AvgIpc) is 2.93. The minimum Gasteiger partial charge on any atom is -0.368 e. The highest BCUT2D eigenvalue weighted by Crippen LogP contribution is 2.34. The Labute approximate surface area is 174 Å². The van der Waals surface area contributed by atoms with Crippen LogP contribution in [0.1, 0.15) is 26.3 Å². The Balaban J connectivity index is 1.88. The summed E-state index contributed by atoms with van der Waals surface area (Å²) >= 11 is 6.26. The van der Waals surface area contributed by atoms with E-state index in [-0.39, 0.29) is 12.0 Å². The second-order valence-corrected chi connectivity index (χ2v) is 8.18. The maximum absolute atomic E-state index is 15.1. The third-order valence-corrected chi connectivity index (χ3v) is 5.56. The minimum atomic E-state index is -0.404. The van der Waals surface area contributed by atoms with E-state index in [2.05, 4.69) is 45.2 Å². The van der Waals surface area contributed by atoms with Crippen molar-refractivity contribution >= 4 is 34.5 Å². The zero-order chi connectivity index (χ0) is 20.7. The van der Waals surface area contributed by atoms with Crippen molar-refractivity contribution in [1.82, 2.24) is 24.4 Å². The summed E-state index contributed by atoms with van der Waals surface area (Å²) in [4.78, 5) is 17.4. The normalized spacial score (nSPS) is 16.0. The van der Waals surface area contributed by atoms with Gasteiger partial charge in [-0.15, -0.1) is 0 Å². The SMILES string of the molecule is CC(C)n1c(N2CCCN(C)CC2)nc2c(F)cc(-c3nc(N)ncc3Cl)cc21. The monoisotopic (exact) mass is 417 g/mol. The van der Waals surface area contributed by atoms with Crippen LogP contribution in [0.15, 0.2) is 18.3 Å². The van der Waals surface area contributed by atoms with Crippen LogP contribution >= 0.6 is 11.6 Å². The average molecular weight is 418 g/mol. The third kappa shape index (κ3) is 3.74. The van der Waals surface area contributed by atoms with Gasteiger partial charge in [-0.2, -0.15) is 0 Å². The first-order chi connectivity index (χ1) is 13.8. The molecule has 0 aliphatic carbocycles. The number of nitrogens with two attached hydrogens (primary N) is 1. The highest BCUT2D eigenvalue weighted by Gasteiger charge is 2.24. The predicted octanol–water partition coefficient (Wildman–Crippen LogP) is 3.59. The van der Waals surface area contributed by atoms with Gasteiger partial charge in [-0.05, 0) is 46.0 Å². The fourth-order valence-electron chi connectivity index (χ4n) is 3.84. The fraction of sp³-hybridized carbons (Fsp3) is 0.450. The van der Waals surface area contributed by atoms with Crippen molar-refractivity contribution in [2.24, 2.45) is 0 Å². The summed E-state index contributed by atoms with van der Waals surface area (Å²) in [6.45, 7) is 7.90. The summed E-state index contributed by atoms with van der Waals surface area (Å²) in [5, 5.41) is 0.323. The zero-order valence-corrected chi connectivity index (χ0v) is 17.6. The predicted molar refractivity (Wildman–Crippen MR) is 115 cm³/mol.